The number of carbonyl (C=O) groups is 2. The summed E-state index contributed by atoms with van der Waals surface area (Å²) in [5.41, 5.74) is 3.30. The maximum Gasteiger partial charge on any atom is 0.308 e. The Morgan fingerprint density at radius 1 is 1.06 bits per heavy atom. The van der Waals surface area contributed by atoms with Gasteiger partial charge >= 0.3 is 5.97 Å². The summed E-state index contributed by atoms with van der Waals surface area (Å²) in [4.78, 5) is 41.7. The number of esters is 1. The van der Waals surface area contributed by atoms with E-state index in [4.69, 9.17) is 4.74 Å². The zero-order valence-electron chi connectivity index (χ0n) is 19.2. The van der Waals surface area contributed by atoms with Crippen molar-refractivity contribution >= 4 is 22.7 Å². The van der Waals surface area contributed by atoms with E-state index in [1.807, 2.05) is 6.92 Å². The summed E-state index contributed by atoms with van der Waals surface area (Å²) < 4.78 is 22.3. The number of nitrogens with zero attached hydrogens (tertiary/aromatic N) is 3. The summed E-state index contributed by atoms with van der Waals surface area (Å²) in [6, 6.07) is 13.6. The Balaban J connectivity index is 1.40. The van der Waals surface area contributed by atoms with Crippen LogP contribution < -0.4 is 5.56 Å². The van der Waals surface area contributed by atoms with E-state index in [9.17, 15) is 18.8 Å². The van der Waals surface area contributed by atoms with Crippen molar-refractivity contribution in [2.45, 2.75) is 33.7 Å². The quantitative estimate of drug-likeness (QED) is 0.306. The molecular formula is C26H24FN3O4. The standard InChI is InChI=1S/C26H24FN3O4/c1-16-8-9-19(13-22(16)27)30-17(2)12-21(18(30)3)24(31)14-34-25(32)10-11-29-15-28-23-7-5-4-6-20(23)26(29)33/h4-9,12-13,15H,10-11,14H2,1-3H3. The Morgan fingerprint density at radius 3 is 2.59 bits per heavy atom. The van der Waals surface area contributed by atoms with E-state index < -0.39 is 12.6 Å². The number of ether oxygens (including phenoxy) is 1. The molecule has 0 N–H and O–H groups in total. The average molecular weight is 461 g/mol. The third-order valence-electron chi connectivity index (χ3n) is 5.80. The maximum atomic E-state index is 14.0. The van der Waals surface area contributed by atoms with Crippen molar-refractivity contribution in [3.05, 3.63) is 93.5 Å². The molecule has 34 heavy (non-hydrogen) atoms. The van der Waals surface area contributed by atoms with E-state index >= 15 is 0 Å². The van der Waals surface area contributed by atoms with Gasteiger partial charge in [-0.05, 0) is 56.7 Å². The number of rotatable bonds is 7. The van der Waals surface area contributed by atoms with Crippen LogP contribution in [0.15, 0.2) is 59.7 Å². The number of halogens is 1. The van der Waals surface area contributed by atoms with Gasteiger partial charge in [0.05, 0.1) is 23.7 Å². The first-order valence-electron chi connectivity index (χ1n) is 10.8. The zero-order valence-corrected chi connectivity index (χ0v) is 19.2. The second-order valence-corrected chi connectivity index (χ2v) is 8.15. The molecule has 2 heterocycles. The molecule has 174 valence electrons. The molecule has 4 aromatic rings. The predicted molar refractivity (Wildman–Crippen MR) is 126 cm³/mol. The number of para-hydroxylation sites is 1. The van der Waals surface area contributed by atoms with E-state index in [1.165, 1.54) is 17.0 Å². The molecule has 0 fully saturated rings. The summed E-state index contributed by atoms with van der Waals surface area (Å²) in [5.74, 6) is -1.28. The van der Waals surface area contributed by atoms with Crippen LogP contribution in [-0.4, -0.2) is 32.5 Å². The van der Waals surface area contributed by atoms with Crippen molar-refractivity contribution in [2.24, 2.45) is 0 Å². The van der Waals surface area contributed by atoms with Gasteiger partial charge in [0.1, 0.15) is 5.82 Å². The van der Waals surface area contributed by atoms with E-state index in [2.05, 4.69) is 4.98 Å². The monoisotopic (exact) mass is 461 g/mol. The Labute approximate surface area is 195 Å². The van der Waals surface area contributed by atoms with Gasteiger partial charge in [0, 0.05) is 29.2 Å². The molecule has 0 bridgehead atoms. The van der Waals surface area contributed by atoms with Crippen molar-refractivity contribution in [3.8, 4) is 5.69 Å². The lowest BCUT2D eigenvalue weighted by Crippen LogP contribution is -2.23. The van der Waals surface area contributed by atoms with Crippen LogP contribution in [0.4, 0.5) is 4.39 Å². The van der Waals surface area contributed by atoms with E-state index in [0.717, 1.165) is 5.69 Å². The maximum absolute atomic E-state index is 14.0. The number of aromatic nitrogens is 3. The molecule has 7 nitrogen and oxygen atoms in total. The van der Waals surface area contributed by atoms with Crippen molar-refractivity contribution in [3.63, 3.8) is 0 Å². The van der Waals surface area contributed by atoms with Crippen LogP contribution in [0.1, 0.15) is 33.7 Å². The van der Waals surface area contributed by atoms with Crippen LogP contribution >= 0.6 is 0 Å². The minimum absolute atomic E-state index is 0.0745. The lowest BCUT2D eigenvalue weighted by atomic mass is 10.1. The van der Waals surface area contributed by atoms with E-state index in [1.54, 1.807) is 60.9 Å². The number of hydrogen-bond donors (Lipinski definition) is 0. The number of fused-ring (bicyclic) bond motifs is 1. The van der Waals surface area contributed by atoms with Crippen molar-refractivity contribution in [1.29, 1.82) is 0 Å². The number of ketones is 1. The van der Waals surface area contributed by atoms with Gasteiger partial charge in [-0.2, -0.15) is 0 Å². The number of Topliss-reactive ketones (excluding diaryl/α,β-unsaturated/α-hetero) is 1. The summed E-state index contributed by atoms with van der Waals surface area (Å²) in [5, 5.41) is 0.470. The molecule has 0 amide bonds. The Kier molecular flexibility index (Phi) is 6.40. The largest absolute Gasteiger partial charge is 0.457 e. The highest BCUT2D eigenvalue weighted by Crippen LogP contribution is 2.23. The molecule has 0 aliphatic carbocycles. The van der Waals surface area contributed by atoms with Crippen LogP contribution in [0.3, 0.4) is 0 Å². The number of benzene rings is 2. The fraction of sp³-hybridized carbons (Fsp3) is 0.231. The van der Waals surface area contributed by atoms with Crippen molar-refractivity contribution < 1.29 is 18.7 Å². The molecule has 0 atom stereocenters. The number of aryl methyl sites for hydroxylation is 3. The van der Waals surface area contributed by atoms with E-state index in [0.29, 0.717) is 33.4 Å². The van der Waals surface area contributed by atoms with Crippen LogP contribution in [0.5, 0.6) is 0 Å². The smallest absolute Gasteiger partial charge is 0.308 e. The number of carbonyl (C=O) groups excluding carboxylic acids is 2. The third kappa shape index (κ3) is 4.52. The van der Waals surface area contributed by atoms with Gasteiger partial charge in [-0.1, -0.05) is 18.2 Å². The van der Waals surface area contributed by atoms with Gasteiger partial charge in [-0.15, -0.1) is 0 Å². The van der Waals surface area contributed by atoms with Gasteiger partial charge in [-0.25, -0.2) is 9.37 Å². The van der Waals surface area contributed by atoms with Crippen LogP contribution in [0, 0.1) is 26.6 Å². The molecule has 0 aliphatic rings. The lowest BCUT2D eigenvalue weighted by Gasteiger charge is -2.11. The Hall–Kier alpha value is -4.07. The summed E-state index contributed by atoms with van der Waals surface area (Å²) in [6.07, 6.45) is 1.32. The highest BCUT2D eigenvalue weighted by atomic mass is 19.1. The minimum Gasteiger partial charge on any atom is -0.457 e. The summed E-state index contributed by atoms with van der Waals surface area (Å²) in [6.45, 7) is 4.94. The average Bonchev–Trinajstić information content (AvgIpc) is 3.13. The van der Waals surface area contributed by atoms with Crippen LogP contribution in [-0.2, 0) is 16.1 Å². The second-order valence-electron chi connectivity index (χ2n) is 8.15. The van der Waals surface area contributed by atoms with Gasteiger partial charge in [-0.3, -0.25) is 19.0 Å². The molecule has 8 heteroatoms. The molecular weight excluding hydrogens is 437 g/mol. The first kappa shape index (κ1) is 23.1. The molecule has 0 saturated heterocycles. The molecule has 0 saturated carbocycles. The summed E-state index contributed by atoms with van der Waals surface area (Å²) >= 11 is 0. The SMILES string of the molecule is Cc1ccc(-n2c(C)cc(C(=O)COC(=O)CCn3cnc4ccccc4c3=O)c2C)cc1F. The molecule has 2 aromatic heterocycles. The van der Waals surface area contributed by atoms with Crippen LogP contribution in [0.25, 0.3) is 16.6 Å². The molecule has 0 radical (unpaired) electrons. The fourth-order valence-electron chi connectivity index (χ4n) is 3.94. The molecule has 0 spiro atoms. The van der Waals surface area contributed by atoms with Crippen molar-refractivity contribution in [1.82, 2.24) is 14.1 Å². The van der Waals surface area contributed by atoms with Gasteiger partial charge in [0.25, 0.3) is 5.56 Å². The lowest BCUT2D eigenvalue weighted by molar-refractivity contribution is -0.142. The van der Waals surface area contributed by atoms with Gasteiger partial charge < -0.3 is 9.30 Å². The molecule has 4 rings (SSSR count). The predicted octanol–water partition coefficient (Wildman–Crippen LogP) is 4.07. The Morgan fingerprint density at radius 2 is 1.82 bits per heavy atom. The third-order valence-corrected chi connectivity index (χ3v) is 5.80. The topological polar surface area (TPSA) is 83.2 Å². The molecule has 2 aromatic carbocycles. The second kappa shape index (κ2) is 9.43. The molecule has 0 unspecified atom stereocenters. The van der Waals surface area contributed by atoms with Crippen LogP contribution in [0.2, 0.25) is 0 Å². The first-order valence-corrected chi connectivity index (χ1v) is 10.8. The van der Waals surface area contributed by atoms with E-state index in [-0.39, 0.29) is 30.1 Å². The number of hydrogen-bond acceptors (Lipinski definition) is 5. The fourth-order valence-corrected chi connectivity index (χ4v) is 3.94. The Bertz CT molecular complexity index is 1470. The van der Waals surface area contributed by atoms with Gasteiger partial charge in [0.15, 0.2) is 6.61 Å². The minimum atomic E-state index is -0.595. The highest BCUT2D eigenvalue weighted by Gasteiger charge is 2.19. The highest BCUT2D eigenvalue weighted by molar-refractivity contribution is 5.99. The summed E-state index contributed by atoms with van der Waals surface area (Å²) in [7, 11) is 0. The normalized spacial score (nSPS) is 11.1. The first-order chi connectivity index (χ1) is 16.3. The van der Waals surface area contributed by atoms with Gasteiger partial charge in [0.2, 0.25) is 5.78 Å². The molecule has 0 aliphatic heterocycles. The van der Waals surface area contributed by atoms with Crippen molar-refractivity contribution in [2.75, 3.05) is 6.61 Å². The zero-order chi connectivity index (χ0) is 24.4.